The van der Waals surface area contributed by atoms with E-state index >= 15 is 0 Å². The van der Waals surface area contributed by atoms with Crippen LogP contribution in [0.4, 0.5) is 11.4 Å². The van der Waals surface area contributed by atoms with Crippen LogP contribution in [0.5, 0.6) is 11.5 Å². The van der Waals surface area contributed by atoms with Gasteiger partial charge in [0.25, 0.3) is 5.69 Å². The highest BCUT2D eigenvalue weighted by Crippen LogP contribution is 2.42. The molecular formula is C14H16N2O5. The molecule has 0 saturated heterocycles. The normalized spacial score (nSPS) is 23.1. The van der Waals surface area contributed by atoms with Crippen molar-refractivity contribution in [3.05, 3.63) is 22.2 Å². The predicted octanol–water partition coefficient (Wildman–Crippen LogP) is 2.35. The minimum Gasteiger partial charge on any atom is -0.489 e. The number of benzene rings is 1. The van der Waals surface area contributed by atoms with Crippen LogP contribution in [0, 0.1) is 22.0 Å². The Kier molecular flexibility index (Phi) is 3.40. The van der Waals surface area contributed by atoms with Gasteiger partial charge >= 0.3 is 0 Å². The molecule has 0 bridgehead atoms. The number of amides is 1. The van der Waals surface area contributed by atoms with Crippen molar-refractivity contribution in [3.63, 3.8) is 0 Å². The molecule has 1 aliphatic carbocycles. The van der Waals surface area contributed by atoms with Gasteiger partial charge in [-0.25, -0.2) is 0 Å². The van der Waals surface area contributed by atoms with Crippen molar-refractivity contribution >= 4 is 17.3 Å². The van der Waals surface area contributed by atoms with E-state index < -0.39 is 4.92 Å². The van der Waals surface area contributed by atoms with E-state index in [1.165, 1.54) is 12.1 Å². The van der Waals surface area contributed by atoms with E-state index in [1.807, 2.05) is 6.92 Å². The van der Waals surface area contributed by atoms with E-state index in [9.17, 15) is 14.9 Å². The Labute approximate surface area is 121 Å². The van der Waals surface area contributed by atoms with E-state index in [0.29, 0.717) is 37.1 Å². The van der Waals surface area contributed by atoms with Crippen LogP contribution >= 0.6 is 0 Å². The highest BCUT2D eigenvalue weighted by atomic mass is 16.6. The molecule has 1 aromatic rings. The fourth-order valence-corrected chi connectivity index (χ4v) is 2.36. The van der Waals surface area contributed by atoms with Crippen LogP contribution in [0.15, 0.2) is 12.1 Å². The largest absolute Gasteiger partial charge is 0.489 e. The number of carbonyl (C=O) groups excluding carboxylic acids is 1. The topological polar surface area (TPSA) is 90.7 Å². The van der Waals surface area contributed by atoms with Gasteiger partial charge in [0, 0.05) is 18.4 Å². The van der Waals surface area contributed by atoms with Crippen LogP contribution in [-0.2, 0) is 4.79 Å². The molecule has 7 nitrogen and oxygen atoms in total. The molecule has 3 rings (SSSR count). The van der Waals surface area contributed by atoms with Crippen molar-refractivity contribution in [3.8, 4) is 11.5 Å². The van der Waals surface area contributed by atoms with Crippen LogP contribution in [0.2, 0.25) is 0 Å². The van der Waals surface area contributed by atoms with Crippen molar-refractivity contribution in [2.24, 2.45) is 11.8 Å². The maximum Gasteiger partial charge on any atom is 0.296 e. The molecule has 21 heavy (non-hydrogen) atoms. The molecule has 0 radical (unpaired) electrons. The molecule has 112 valence electrons. The second-order valence-electron chi connectivity index (χ2n) is 5.43. The summed E-state index contributed by atoms with van der Waals surface area (Å²) in [6, 6.07) is 2.79. The Bertz CT molecular complexity index is 601. The zero-order chi connectivity index (χ0) is 15.0. The van der Waals surface area contributed by atoms with Gasteiger partial charge in [-0.1, -0.05) is 6.92 Å². The molecule has 0 unspecified atom stereocenters. The molecule has 7 heteroatoms. The number of hydrogen-bond acceptors (Lipinski definition) is 5. The van der Waals surface area contributed by atoms with E-state index in [1.54, 1.807) is 0 Å². The number of carbonyl (C=O) groups is 1. The summed E-state index contributed by atoms with van der Waals surface area (Å²) in [5.74, 6) is 0.874. The van der Waals surface area contributed by atoms with Gasteiger partial charge in [-0.15, -0.1) is 0 Å². The zero-order valence-corrected chi connectivity index (χ0v) is 11.6. The van der Waals surface area contributed by atoms with E-state index in [0.717, 1.165) is 6.42 Å². The van der Waals surface area contributed by atoms with Crippen molar-refractivity contribution in [1.29, 1.82) is 0 Å². The SMILES string of the molecule is C[C@@H]1C[C@@H]1C(=O)Nc1cc2c(cc1[N+](=O)[O-])OCCCO2. The lowest BCUT2D eigenvalue weighted by Gasteiger charge is -2.11. The summed E-state index contributed by atoms with van der Waals surface area (Å²) in [4.78, 5) is 22.6. The van der Waals surface area contributed by atoms with Gasteiger partial charge in [0.05, 0.1) is 24.2 Å². The van der Waals surface area contributed by atoms with Crippen molar-refractivity contribution in [2.75, 3.05) is 18.5 Å². The Hall–Kier alpha value is -2.31. The standard InChI is InChI=1S/C14H16N2O5/c1-8-5-9(8)14(17)15-10-6-12-13(7-11(10)16(18)19)21-4-2-3-20-12/h6-9H,2-5H2,1H3,(H,15,17)/t8-,9+/m1/s1. The van der Waals surface area contributed by atoms with Crippen LogP contribution in [0.1, 0.15) is 19.8 Å². The predicted molar refractivity (Wildman–Crippen MR) is 74.6 cm³/mol. The Balaban J connectivity index is 1.91. The molecule has 1 amide bonds. The molecular weight excluding hydrogens is 276 g/mol. The van der Waals surface area contributed by atoms with Crippen molar-refractivity contribution in [2.45, 2.75) is 19.8 Å². The maximum atomic E-state index is 12.0. The number of nitrogens with one attached hydrogen (secondary N) is 1. The fourth-order valence-electron chi connectivity index (χ4n) is 2.36. The number of anilines is 1. The zero-order valence-electron chi connectivity index (χ0n) is 11.6. The smallest absolute Gasteiger partial charge is 0.296 e. The Morgan fingerprint density at radius 3 is 2.52 bits per heavy atom. The number of nitro groups is 1. The first kappa shape index (κ1) is 13.7. The first-order valence-corrected chi connectivity index (χ1v) is 6.95. The first-order chi connectivity index (χ1) is 10.1. The number of fused-ring (bicyclic) bond motifs is 1. The number of hydrogen-bond donors (Lipinski definition) is 1. The summed E-state index contributed by atoms with van der Waals surface area (Å²) in [5, 5.41) is 13.8. The van der Waals surface area contributed by atoms with Gasteiger partial charge in [-0.2, -0.15) is 0 Å². The van der Waals surface area contributed by atoms with E-state index in [2.05, 4.69) is 5.32 Å². The van der Waals surface area contributed by atoms with Crippen LogP contribution < -0.4 is 14.8 Å². The van der Waals surface area contributed by atoms with Crippen LogP contribution in [0.25, 0.3) is 0 Å². The number of nitro benzene ring substituents is 1. The van der Waals surface area contributed by atoms with Gasteiger partial charge in [0.15, 0.2) is 11.5 Å². The summed E-state index contributed by atoms with van der Waals surface area (Å²) >= 11 is 0. The second kappa shape index (κ2) is 5.23. The Morgan fingerprint density at radius 2 is 1.95 bits per heavy atom. The molecule has 1 aromatic carbocycles. The summed E-state index contributed by atoms with van der Waals surface area (Å²) in [6.45, 7) is 2.92. The van der Waals surface area contributed by atoms with Gasteiger partial charge in [-0.05, 0) is 12.3 Å². The lowest BCUT2D eigenvalue weighted by Crippen LogP contribution is -2.15. The monoisotopic (exact) mass is 292 g/mol. The maximum absolute atomic E-state index is 12.0. The minimum absolute atomic E-state index is 0.0550. The van der Waals surface area contributed by atoms with E-state index in [4.69, 9.17) is 9.47 Å². The number of nitrogens with zero attached hydrogens (tertiary/aromatic N) is 1. The van der Waals surface area contributed by atoms with Gasteiger partial charge in [0.1, 0.15) is 5.69 Å². The van der Waals surface area contributed by atoms with Crippen molar-refractivity contribution < 1.29 is 19.2 Å². The molecule has 2 aliphatic rings. The third kappa shape index (κ3) is 2.76. The molecule has 1 N–H and O–H groups in total. The lowest BCUT2D eigenvalue weighted by molar-refractivity contribution is -0.384. The summed E-state index contributed by atoms with van der Waals surface area (Å²) in [7, 11) is 0. The summed E-state index contributed by atoms with van der Waals surface area (Å²) < 4.78 is 10.9. The highest BCUT2D eigenvalue weighted by Gasteiger charge is 2.39. The average Bonchev–Trinajstić information content (AvgIpc) is 3.19. The summed E-state index contributed by atoms with van der Waals surface area (Å²) in [5.41, 5.74) is -0.0192. The minimum atomic E-state index is -0.527. The molecule has 1 heterocycles. The molecule has 0 aromatic heterocycles. The third-order valence-corrected chi connectivity index (χ3v) is 3.77. The van der Waals surface area contributed by atoms with Crippen LogP contribution in [-0.4, -0.2) is 24.0 Å². The molecule has 2 atom stereocenters. The second-order valence-corrected chi connectivity index (χ2v) is 5.43. The van der Waals surface area contributed by atoms with Gasteiger partial charge in [-0.3, -0.25) is 14.9 Å². The van der Waals surface area contributed by atoms with Gasteiger partial charge < -0.3 is 14.8 Å². The number of rotatable bonds is 3. The highest BCUT2D eigenvalue weighted by molar-refractivity contribution is 5.96. The van der Waals surface area contributed by atoms with Crippen LogP contribution in [0.3, 0.4) is 0 Å². The quantitative estimate of drug-likeness (QED) is 0.682. The molecule has 1 aliphatic heterocycles. The van der Waals surface area contributed by atoms with Gasteiger partial charge in [0.2, 0.25) is 5.91 Å². The summed E-state index contributed by atoms with van der Waals surface area (Å²) in [6.07, 6.45) is 1.54. The Morgan fingerprint density at radius 1 is 1.33 bits per heavy atom. The third-order valence-electron chi connectivity index (χ3n) is 3.77. The average molecular weight is 292 g/mol. The lowest BCUT2D eigenvalue weighted by atomic mass is 10.2. The van der Waals surface area contributed by atoms with Crippen molar-refractivity contribution in [1.82, 2.24) is 0 Å². The molecule has 1 saturated carbocycles. The first-order valence-electron chi connectivity index (χ1n) is 6.95. The fraction of sp³-hybridized carbons (Fsp3) is 0.500. The molecule has 0 spiro atoms. The number of ether oxygens (including phenoxy) is 2. The molecule has 1 fully saturated rings. The van der Waals surface area contributed by atoms with E-state index in [-0.39, 0.29) is 23.2 Å².